The molecule has 0 fully saturated rings. The molecule has 0 bridgehead atoms. The van der Waals surface area contributed by atoms with Crippen molar-refractivity contribution < 1.29 is 4.39 Å². The maximum absolute atomic E-state index is 13.4. The van der Waals surface area contributed by atoms with Crippen LogP contribution in [0.3, 0.4) is 0 Å². The Morgan fingerprint density at radius 3 is 2.47 bits per heavy atom. The molecule has 0 aliphatic carbocycles. The van der Waals surface area contributed by atoms with Crippen LogP contribution in [0.5, 0.6) is 0 Å². The van der Waals surface area contributed by atoms with E-state index >= 15 is 0 Å². The van der Waals surface area contributed by atoms with Crippen molar-refractivity contribution in [3.8, 4) is 17.3 Å². The molecule has 0 unspecified atom stereocenters. The van der Waals surface area contributed by atoms with Gasteiger partial charge in [-0.1, -0.05) is 32.1 Å². The third kappa shape index (κ3) is 4.41. The second-order valence-corrected chi connectivity index (χ2v) is 8.70. The van der Waals surface area contributed by atoms with Gasteiger partial charge in [0.05, 0.1) is 5.69 Å². The number of halogens is 2. The van der Waals surface area contributed by atoms with Crippen molar-refractivity contribution in [2.24, 2.45) is 0 Å². The molecule has 1 aromatic carbocycles. The summed E-state index contributed by atoms with van der Waals surface area (Å²) in [5.41, 5.74) is 4.23. The summed E-state index contributed by atoms with van der Waals surface area (Å²) in [7, 11) is 0. The molecule has 32 heavy (non-hydrogen) atoms. The smallest absolute Gasteiger partial charge is 0.192 e. The van der Waals surface area contributed by atoms with Crippen LogP contribution in [0.1, 0.15) is 43.8 Å². The average molecular weight is 514 g/mol. The van der Waals surface area contributed by atoms with E-state index < -0.39 is 0 Å². The normalized spacial score (nSPS) is 10.6. The van der Waals surface area contributed by atoms with Crippen molar-refractivity contribution in [2.75, 3.05) is 11.4 Å². The van der Waals surface area contributed by atoms with Crippen LogP contribution in [0.2, 0.25) is 0 Å². The Hall–Kier alpha value is -2.76. The number of pyridine rings is 1. The number of benzene rings is 1. The van der Waals surface area contributed by atoms with Crippen LogP contribution in [0.15, 0.2) is 41.0 Å². The second kappa shape index (κ2) is 10.2. The summed E-state index contributed by atoms with van der Waals surface area (Å²) in [5.74, 6) is 0.630. The van der Waals surface area contributed by atoms with E-state index in [4.69, 9.17) is 9.97 Å². The summed E-state index contributed by atoms with van der Waals surface area (Å²) in [6, 6.07) is 10.4. The second-order valence-electron chi connectivity index (χ2n) is 6.81. The minimum Gasteiger partial charge on any atom is -0.302 e. The fourth-order valence-electron chi connectivity index (χ4n) is 3.51. The molecule has 0 aliphatic rings. The van der Waals surface area contributed by atoms with Crippen LogP contribution in [-0.4, -0.2) is 20.9 Å². The maximum Gasteiger partial charge on any atom is 0.192 e. The van der Waals surface area contributed by atoms with Crippen LogP contribution in [0.25, 0.3) is 16.9 Å². The molecule has 5 nitrogen and oxygen atoms in total. The molecule has 4 aromatic rings. The number of fused-ring (bicyclic) bond motifs is 1. The summed E-state index contributed by atoms with van der Waals surface area (Å²) >= 11 is 4.92. The van der Waals surface area contributed by atoms with Crippen molar-refractivity contribution in [3.05, 3.63) is 63.0 Å². The van der Waals surface area contributed by atoms with Gasteiger partial charge in [-0.05, 0) is 72.1 Å². The zero-order valence-corrected chi connectivity index (χ0v) is 21.2. The summed E-state index contributed by atoms with van der Waals surface area (Å²) in [6.45, 7) is 10.8. The highest BCUT2D eigenvalue weighted by Crippen LogP contribution is 2.38. The number of aromatic nitrogens is 3. The first-order valence-corrected chi connectivity index (χ1v) is 12.2. The largest absolute Gasteiger partial charge is 0.302 e. The summed E-state index contributed by atoms with van der Waals surface area (Å²) < 4.78 is 16.4. The lowest BCUT2D eigenvalue weighted by molar-refractivity contribution is 0.628. The monoisotopic (exact) mass is 513 g/mol. The van der Waals surface area contributed by atoms with Crippen LogP contribution in [0, 0.1) is 24.1 Å². The fraction of sp³-hybridized carbons (Fsp3) is 0.292. The van der Waals surface area contributed by atoms with Gasteiger partial charge >= 0.3 is 0 Å². The third-order valence-electron chi connectivity index (χ3n) is 4.89. The van der Waals surface area contributed by atoms with Gasteiger partial charge in [0.1, 0.15) is 33.9 Å². The Kier molecular flexibility index (Phi) is 7.64. The number of anilines is 2. The molecule has 0 atom stereocenters. The van der Waals surface area contributed by atoms with Crippen LogP contribution in [-0.2, 0) is 6.42 Å². The first kappa shape index (κ1) is 23.9. The van der Waals surface area contributed by atoms with E-state index in [1.807, 2.05) is 33.0 Å². The van der Waals surface area contributed by atoms with E-state index in [1.165, 1.54) is 23.5 Å². The Morgan fingerprint density at radius 2 is 1.88 bits per heavy atom. The Morgan fingerprint density at radius 1 is 1.19 bits per heavy atom. The minimum atomic E-state index is -0.317. The van der Waals surface area contributed by atoms with E-state index in [0.717, 1.165) is 39.2 Å². The molecule has 0 N–H and O–H groups in total. The lowest BCUT2D eigenvalue weighted by Crippen LogP contribution is -2.19. The predicted octanol–water partition coefficient (Wildman–Crippen LogP) is 7.29. The topological polar surface area (TPSA) is 57.2 Å². The molecule has 0 saturated heterocycles. The first-order valence-electron chi connectivity index (χ1n) is 10.6. The lowest BCUT2D eigenvalue weighted by atomic mass is 10.1. The molecular formula is C24H25BrFN5S. The highest BCUT2D eigenvalue weighted by Gasteiger charge is 2.24. The molecule has 166 valence electrons. The van der Waals surface area contributed by atoms with Gasteiger partial charge in [0.25, 0.3) is 0 Å². The number of hydrogen-bond donors (Lipinski definition) is 0. The highest BCUT2D eigenvalue weighted by molar-refractivity contribution is 9.10. The molecule has 3 aromatic heterocycles. The van der Waals surface area contributed by atoms with Gasteiger partial charge in [0.15, 0.2) is 5.13 Å². The molecule has 8 heteroatoms. The number of nitriles is 1. The molecular weight excluding hydrogens is 489 g/mol. The average Bonchev–Trinajstić information content (AvgIpc) is 3.39. The van der Waals surface area contributed by atoms with Gasteiger partial charge < -0.3 is 4.90 Å². The van der Waals surface area contributed by atoms with E-state index in [2.05, 4.69) is 45.1 Å². The van der Waals surface area contributed by atoms with Gasteiger partial charge in [0.2, 0.25) is 0 Å². The Balaban J connectivity index is 0.00000141. The van der Waals surface area contributed by atoms with Gasteiger partial charge in [-0.25, -0.2) is 14.4 Å². The molecule has 0 aliphatic heterocycles. The minimum absolute atomic E-state index is 0.317. The molecule has 0 spiro atoms. The SMILES string of the molecule is CC.CCc1nc2c(C)cc(Br)cn2c1N(CC)c1nc(-c2ccc(F)cc2)c(C#N)s1. The number of aryl methyl sites for hydroxylation is 2. The van der Waals surface area contributed by atoms with Crippen molar-refractivity contribution in [1.82, 2.24) is 14.4 Å². The van der Waals surface area contributed by atoms with E-state index in [0.29, 0.717) is 22.2 Å². The number of imidazole rings is 1. The van der Waals surface area contributed by atoms with Crippen molar-refractivity contribution in [1.29, 1.82) is 5.26 Å². The quantitative estimate of drug-likeness (QED) is 0.281. The third-order valence-corrected chi connectivity index (χ3v) is 6.30. The van der Waals surface area contributed by atoms with E-state index in [9.17, 15) is 9.65 Å². The molecule has 0 radical (unpaired) electrons. The van der Waals surface area contributed by atoms with Crippen molar-refractivity contribution >= 4 is 43.9 Å². The van der Waals surface area contributed by atoms with Crippen LogP contribution < -0.4 is 4.90 Å². The first-order chi connectivity index (χ1) is 15.5. The Bertz CT molecular complexity index is 1270. The van der Waals surface area contributed by atoms with Crippen LogP contribution in [0.4, 0.5) is 15.3 Å². The zero-order chi connectivity index (χ0) is 23.4. The molecule has 3 heterocycles. The van der Waals surface area contributed by atoms with E-state index in [-0.39, 0.29) is 5.82 Å². The molecule has 0 saturated carbocycles. The standard InChI is InChI=1S/C22H19BrFN5S.C2H6/c1-4-17-21(29-12-15(23)10-13(3)20(29)26-17)28(5-2)22-27-19(18(11-25)30-22)14-6-8-16(24)9-7-14;1-2/h6-10,12H,4-5H2,1-3H3;1-2H3. The summed E-state index contributed by atoms with van der Waals surface area (Å²) in [6.07, 6.45) is 2.78. The predicted molar refractivity (Wildman–Crippen MR) is 133 cm³/mol. The zero-order valence-electron chi connectivity index (χ0n) is 18.8. The van der Waals surface area contributed by atoms with Gasteiger partial charge in [-0.2, -0.15) is 5.26 Å². The number of hydrogen-bond acceptors (Lipinski definition) is 5. The Labute approximate surface area is 200 Å². The number of nitrogens with zero attached hydrogens (tertiary/aromatic N) is 5. The van der Waals surface area contributed by atoms with Crippen molar-refractivity contribution in [3.63, 3.8) is 0 Å². The van der Waals surface area contributed by atoms with Gasteiger partial charge in [-0.15, -0.1) is 0 Å². The lowest BCUT2D eigenvalue weighted by Gasteiger charge is -2.21. The van der Waals surface area contributed by atoms with Gasteiger partial charge in [-0.3, -0.25) is 4.40 Å². The molecule has 0 amide bonds. The van der Waals surface area contributed by atoms with Crippen LogP contribution >= 0.6 is 27.3 Å². The van der Waals surface area contributed by atoms with Gasteiger partial charge in [0, 0.05) is 22.8 Å². The fourth-order valence-corrected chi connectivity index (χ4v) is 5.00. The summed E-state index contributed by atoms with van der Waals surface area (Å²) in [5, 5.41) is 10.4. The number of thiazole rings is 1. The maximum atomic E-state index is 13.4. The number of rotatable bonds is 5. The summed E-state index contributed by atoms with van der Waals surface area (Å²) in [4.78, 5) is 12.2. The highest BCUT2D eigenvalue weighted by atomic mass is 79.9. The molecule has 4 rings (SSSR count). The van der Waals surface area contributed by atoms with E-state index in [1.54, 1.807) is 12.1 Å². The van der Waals surface area contributed by atoms with Crippen molar-refractivity contribution in [2.45, 2.75) is 41.0 Å².